The highest BCUT2D eigenvalue weighted by Gasteiger charge is 2.25. The molecule has 23 heavy (non-hydrogen) atoms. The Hall–Kier alpha value is -0.640. The van der Waals surface area contributed by atoms with E-state index in [4.69, 9.17) is 0 Å². The molecule has 1 rings (SSSR count). The van der Waals surface area contributed by atoms with E-state index in [0.717, 1.165) is 37.7 Å². The minimum atomic E-state index is -1.02. The molecule has 1 aliphatic carbocycles. The van der Waals surface area contributed by atoms with Crippen molar-refractivity contribution >= 4 is 0 Å². The molecule has 0 aromatic rings. The maximum absolute atomic E-state index is 10.6. The van der Waals surface area contributed by atoms with Gasteiger partial charge in [0.25, 0.3) is 0 Å². The van der Waals surface area contributed by atoms with Crippen LogP contribution in [0.5, 0.6) is 0 Å². The second-order valence-electron chi connectivity index (χ2n) is 8.30. The van der Waals surface area contributed by atoms with Gasteiger partial charge in [-0.1, -0.05) is 37.6 Å². The molecule has 0 amide bonds. The van der Waals surface area contributed by atoms with Crippen molar-refractivity contribution in [2.75, 3.05) is 0 Å². The van der Waals surface area contributed by atoms with E-state index >= 15 is 0 Å². The zero-order valence-electron chi connectivity index (χ0n) is 15.5. The molecule has 0 fully saturated rings. The van der Waals surface area contributed by atoms with Crippen molar-refractivity contribution in [2.45, 2.75) is 90.4 Å². The molecule has 4 atom stereocenters. The van der Waals surface area contributed by atoms with Crippen LogP contribution >= 0.6 is 0 Å². The zero-order chi connectivity index (χ0) is 17.7. The summed E-state index contributed by atoms with van der Waals surface area (Å²) >= 11 is 0. The molecule has 0 saturated heterocycles. The fourth-order valence-electron chi connectivity index (χ4n) is 3.30. The first-order valence-corrected chi connectivity index (χ1v) is 9.00. The van der Waals surface area contributed by atoms with E-state index in [1.54, 1.807) is 6.92 Å². The Morgan fingerprint density at radius 1 is 1.17 bits per heavy atom. The van der Waals surface area contributed by atoms with Crippen LogP contribution in [-0.4, -0.2) is 32.6 Å². The van der Waals surface area contributed by atoms with Crippen LogP contribution in [0.15, 0.2) is 23.8 Å². The number of hydrogen-bond donors (Lipinski definition) is 3. The smallest absolute Gasteiger partial charge is 0.0827 e. The van der Waals surface area contributed by atoms with Gasteiger partial charge in [0.15, 0.2) is 0 Å². The Morgan fingerprint density at radius 2 is 1.83 bits per heavy atom. The highest BCUT2D eigenvalue weighted by atomic mass is 16.3. The van der Waals surface area contributed by atoms with Gasteiger partial charge in [-0.05, 0) is 64.7 Å². The van der Waals surface area contributed by atoms with Crippen LogP contribution in [0, 0.1) is 11.8 Å². The summed E-state index contributed by atoms with van der Waals surface area (Å²) in [4.78, 5) is 0. The number of aliphatic hydroxyl groups is 3. The van der Waals surface area contributed by atoms with Gasteiger partial charge < -0.3 is 15.3 Å². The lowest BCUT2D eigenvalue weighted by Crippen LogP contribution is -2.28. The third-order valence-corrected chi connectivity index (χ3v) is 4.96. The summed E-state index contributed by atoms with van der Waals surface area (Å²) in [7, 11) is 0. The van der Waals surface area contributed by atoms with Gasteiger partial charge in [-0.3, -0.25) is 0 Å². The summed E-state index contributed by atoms with van der Waals surface area (Å²) in [5, 5.41) is 31.3. The van der Waals surface area contributed by atoms with Gasteiger partial charge in [-0.15, -0.1) is 0 Å². The summed E-state index contributed by atoms with van der Waals surface area (Å²) in [5.41, 5.74) is -0.548. The Morgan fingerprint density at radius 3 is 2.43 bits per heavy atom. The van der Waals surface area contributed by atoms with Crippen LogP contribution in [0.2, 0.25) is 0 Å². The molecule has 1 aliphatic rings. The predicted octanol–water partition coefficient (Wildman–Crippen LogP) is 3.98. The van der Waals surface area contributed by atoms with Crippen molar-refractivity contribution in [3.63, 3.8) is 0 Å². The van der Waals surface area contributed by atoms with E-state index in [1.165, 1.54) is 0 Å². The lowest BCUT2D eigenvalue weighted by atomic mass is 9.83. The molecule has 0 saturated carbocycles. The summed E-state index contributed by atoms with van der Waals surface area (Å²) in [5.74, 6) is 0.781. The van der Waals surface area contributed by atoms with Crippen molar-refractivity contribution in [3.8, 4) is 0 Å². The van der Waals surface area contributed by atoms with E-state index in [1.807, 2.05) is 26.0 Å². The molecule has 3 nitrogen and oxygen atoms in total. The van der Waals surface area contributed by atoms with E-state index in [9.17, 15) is 15.3 Å². The summed E-state index contributed by atoms with van der Waals surface area (Å²) in [6.07, 6.45) is 9.64. The van der Waals surface area contributed by atoms with E-state index in [0.29, 0.717) is 18.3 Å². The lowest BCUT2D eigenvalue weighted by molar-refractivity contribution is 0.0331. The number of rotatable bonds is 1. The minimum Gasteiger partial charge on any atom is -0.390 e. The van der Waals surface area contributed by atoms with Crippen LogP contribution in [0.1, 0.15) is 73.1 Å². The van der Waals surface area contributed by atoms with Gasteiger partial charge in [0.2, 0.25) is 0 Å². The first-order valence-electron chi connectivity index (χ1n) is 9.00. The third kappa shape index (κ3) is 8.14. The van der Waals surface area contributed by atoms with Crippen LogP contribution in [0.4, 0.5) is 0 Å². The Labute approximate surface area is 142 Å². The second kappa shape index (κ2) is 8.46. The fraction of sp³-hybridized carbons (Fsp3) is 0.800. The Bertz CT molecular complexity index is 419. The largest absolute Gasteiger partial charge is 0.390 e. The standard InChI is InChI=1S/C20H36O3/c1-15(2)17-8-11-19(4,22)10-6-7-16(3)13-18(21)14-20(5,23)12-9-17/h9,12-13,15,17-18,21-23H,6-8,10-11,14H2,1-5H3/b12-9+,16-13+/t17-,18+,19-,20-/m1/s1. The zero-order valence-corrected chi connectivity index (χ0v) is 15.5. The first-order chi connectivity index (χ1) is 10.5. The van der Waals surface area contributed by atoms with E-state index < -0.39 is 17.3 Å². The van der Waals surface area contributed by atoms with Gasteiger partial charge in [0.1, 0.15) is 0 Å². The molecule has 0 radical (unpaired) electrons. The lowest BCUT2D eigenvalue weighted by Gasteiger charge is -2.28. The maximum Gasteiger partial charge on any atom is 0.0827 e. The van der Waals surface area contributed by atoms with Crippen LogP contribution in [-0.2, 0) is 0 Å². The average molecular weight is 325 g/mol. The van der Waals surface area contributed by atoms with Gasteiger partial charge >= 0.3 is 0 Å². The minimum absolute atomic E-state index is 0.309. The van der Waals surface area contributed by atoms with E-state index in [2.05, 4.69) is 19.9 Å². The molecular formula is C20H36O3. The highest BCUT2D eigenvalue weighted by molar-refractivity contribution is 5.08. The van der Waals surface area contributed by atoms with Crippen molar-refractivity contribution in [1.82, 2.24) is 0 Å². The molecule has 3 N–H and O–H groups in total. The molecule has 3 heteroatoms. The van der Waals surface area contributed by atoms with Gasteiger partial charge in [-0.25, -0.2) is 0 Å². The molecular weight excluding hydrogens is 288 g/mol. The number of allylic oxidation sites excluding steroid dienone is 2. The summed E-state index contributed by atoms with van der Waals surface area (Å²) < 4.78 is 0. The summed E-state index contributed by atoms with van der Waals surface area (Å²) in [6, 6.07) is 0. The van der Waals surface area contributed by atoms with Crippen LogP contribution < -0.4 is 0 Å². The monoisotopic (exact) mass is 324 g/mol. The SMILES string of the molecule is C/C1=C\[C@H](O)C[C@](C)(O)/C=C/[C@H](C(C)C)CC[C@](C)(O)CCC1. The van der Waals surface area contributed by atoms with Crippen molar-refractivity contribution < 1.29 is 15.3 Å². The predicted molar refractivity (Wildman–Crippen MR) is 96.2 cm³/mol. The quantitative estimate of drug-likeness (QED) is 0.639. The highest BCUT2D eigenvalue weighted by Crippen LogP contribution is 2.29. The average Bonchev–Trinajstić information content (AvgIpc) is 2.35. The molecule has 0 heterocycles. The van der Waals surface area contributed by atoms with Gasteiger partial charge in [0.05, 0.1) is 17.3 Å². The fourth-order valence-corrected chi connectivity index (χ4v) is 3.30. The molecule has 0 aromatic heterocycles. The third-order valence-electron chi connectivity index (χ3n) is 4.96. The molecule has 0 aliphatic heterocycles. The number of hydrogen-bond acceptors (Lipinski definition) is 3. The second-order valence-corrected chi connectivity index (χ2v) is 8.30. The molecule has 0 unspecified atom stereocenters. The van der Waals surface area contributed by atoms with E-state index in [-0.39, 0.29) is 0 Å². The van der Waals surface area contributed by atoms with Gasteiger partial charge in [-0.2, -0.15) is 0 Å². The topological polar surface area (TPSA) is 60.7 Å². The molecule has 0 bridgehead atoms. The Kier molecular flexibility index (Phi) is 7.50. The normalized spacial score (nSPS) is 41.9. The summed E-state index contributed by atoms with van der Waals surface area (Å²) in [6.45, 7) is 10.0. The molecule has 0 aromatic carbocycles. The Balaban J connectivity index is 2.97. The maximum atomic E-state index is 10.6. The van der Waals surface area contributed by atoms with Crippen molar-refractivity contribution in [2.24, 2.45) is 11.8 Å². The van der Waals surface area contributed by atoms with Crippen LogP contribution in [0.3, 0.4) is 0 Å². The molecule has 134 valence electrons. The van der Waals surface area contributed by atoms with Crippen molar-refractivity contribution in [1.29, 1.82) is 0 Å². The van der Waals surface area contributed by atoms with Gasteiger partial charge in [0, 0.05) is 6.42 Å². The first kappa shape index (κ1) is 20.4. The van der Waals surface area contributed by atoms with Crippen LogP contribution in [0.25, 0.3) is 0 Å². The van der Waals surface area contributed by atoms with Crippen molar-refractivity contribution in [3.05, 3.63) is 23.8 Å². The molecule has 0 spiro atoms. The number of aliphatic hydroxyl groups excluding tert-OH is 1.